The number of carbonyl (C=O) groups is 2. The summed E-state index contributed by atoms with van der Waals surface area (Å²) in [6.07, 6.45) is 0. The number of nitrogen functional groups attached to an aromatic ring is 1. The summed E-state index contributed by atoms with van der Waals surface area (Å²) in [4.78, 5) is 26.0. The number of nitrogens with zero attached hydrogens (tertiary/aromatic N) is 1. The van der Waals surface area contributed by atoms with E-state index in [0.29, 0.717) is 24.3 Å². The van der Waals surface area contributed by atoms with Crippen molar-refractivity contribution in [3.05, 3.63) is 29.3 Å². The summed E-state index contributed by atoms with van der Waals surface area (Å²) in [6, 6.07) is 5.23. The van der Waals surface area contributed by atoms with Crippen LogP contribution in [0, 0.1) is 6.92 Å². The number of nitrogens with two attached hydrogens (primary N) is 1. The normalized spacial score (nSPS) is 18.1. The number of benzene rings is 1. The molecule has 0 unspecified atom stereocenters. The smallest absolute Gasteiger partial charge is 0.254 e. The molecule has 2 amide bonds. The summed E-state index contributed by atoms with van der Waals surface area (Å²) in [5.74, 6) is -0.293. The highest BCUT2D eigenvalue weighted by atomic mass is 16.2. The SMILES string of the molecule is Cc1ccc(C(=O)N2CCNC(=O)C2(C)C)cc1N. The molecule has 0 aromatic heterocycles. The van der Waals surface area contributed by atoms with Crippen LogP contribution in [0.1, 0.15) is 29.8 Å². The molecule has 19 heavy (non-hydrogen) atoms. The molecular weight excluding hydrogens is 242 g/mol. The molecule has 1 aromatic rings. The topological polar surface area (TPSA) is 75.4 Å². The molecule has 0 aliphatic carbocycles. The summed E-state index contributed by atoms with van der Waals surface area (Å²) < 4.78 is 0. The Morgan fingerprint density at radius 3 is 2.74 bits per heavy atom. The van der Waals surface area contributed by atoms with Crippen LogP contribution < -0.4 is 11.1 Å². The zero-order valence-corrected chi connectivity index (χ0v) is 11.5. The maximum absolute atomic E-state index is 12.5. The number of carbonyl (C=O) groups excluding carboxylic acids is 2. The van der Waals surface area contributed by atoms with Crippen molar-refractivity contribution >= 4 is 17.5 Å². The van der Waals surface area contributed by atoms with Gasteiger partial charge < -0.3 is 16.0 Å². The second kappa shape index (κ2) is 4.57. The lowest BCUT2D eigenvalue weighted by Gasteiger charge is -2.41. The lowest BCUT2D eigenvalue weighted by molar-refractivity contribution is -0.133. The average Bonchev–Trinajstić information content (AvgIpc) is 2.35. The van der Waals surface area contributed by atoms with Crippen molar-refractivity contribution in [2.75, 3.05) is 18.8 Å². The van der Waals surface area contributed by atoms with E-state index < -0.39 is 5.54 Å². The molecule has 1 aromatic carbocycles. The molecule has 0 saturated carbocycles. The van der Waals surface area contributed by atoms with Crippen LogP contribution in [0.5, 0.6) is 0 Å². The molecule has 1 saturated heterocycles. The van der Waals surface area contributed by atoms with Gasteiger partial charge in [-0.05, 0) is 38.5 Å². The van der Waals surface area contributed by atoms with Crippen LogP contribution in [-0.4, -0.2) is 35.3 Å². The van der Waals surface area contributed by atoms with Crippen molar-refractivity contribution in [3.63, 3.8) is 0 Å². The van der Waals surface area contributed by atoms with Gasteiger partial charge in [0.05, 0.1) is 0 Å². The molecule has 5 nitrogen and oxygen atoms in total. The first kappa shape index (κ1) is 13.4. The van der Waals surface area contributed by atoms with Gasteiger partial charge in [0.25, 0.3) is 5.91 Å². The van der Waals surface area contributed by atoms with Crippen molar-refractivity contribution in [1.82, 2.24) is 10.2 Å². The molecule has 0 atom stereocenters. The van der Waals surface area contributed by atoms with E-state index >= 15 is 0 Å². The van der Waals surface area contributed by atoms with Crippen molar-refractivity contribution < 1.29 is 9.59 Å². The standard InChI is InChI=1S/C14H19N3O2/c1-9-4-5-10(8-11(9)15)12(18)17-7-6-16-13(19)14(17,2)3/h4-5,8H,6-7,15H2,1-3H3,(H,16,19). The lowest BCUT2D eigenvalue weighted by atomic mass is 9.97. The first-order valence-corrected chi connectivity index (χ1v) is 6.30. The largest absolute Gasteiger partial charge is 0.398 e. The maximum atomic E-state index is 12.5. The molecule has 1 fully saturated rings. The Labute approximate surface area is 112 Å². The molecule has 1 aliphatic heterocycles. The Morgan fingerprint density at radius 1 is 1.42 bits per heavy atom. The fourth-order valence-corrected chi connectivity index (χ4v) is 2.18. The van der Waals surface area contributed by atoms with E-state index in [2.05, 4.69) is 5.32 Å². The van der Waals surface area contributed by atoms with E-state index in [9.17, 15) is 9.59 Å². The lowest BCUT2D eigenvalue weighted by Crippen LogP contribution is -2.63. The van der Waals surface area contributed by atoms with Crippen LogP contribution in [0.15, 0.2) is 18.2 Å². The summed E-state index contributed by atoms with van der Waals surface area (Å²) in [6.45, 7) is 6.37. The molecule has 3 N–H and O–H groups in total. The highest BCUT2D eigenvalue weighted by Gasteiger charge is 2.40. The van der Waals surface area contributed by atoms with Crippen molar-refractivity contribution in [2.45, 2.75) is 26.3 Å². The van der Waals surface area contributed by atoms with Crippen LogP contribution in [0.25, 0.3) is 0 Å². The summed E-state index contributed by atoms with van der Waals surface area (Å²) in [5.41, 5.74) is 7.04. The summed E-state index contributed by atoms with van der Waals surface area (Å²) in [7, 11) is 0. The monoisotopic (exact) mass is 261 g/mol. The molecule has 0 bridgehead atoms. The van der Waals surface area contributed by atoms with E-state index in [1.165, 1.54) is 0 Å². The molecule has 1 heterocycles. The van der Waals surface area contributed by atoms with Gasteiger partial charge in [0, 0.05) is 24.3 Å². The number of rotatable bonds is 1. The first-order chi connectivity index (χ1) is 8.84. The van der Waals surface area contributed by atoms with Gasteiger partial charge >= 0.3 is 0 Å². The fourth-order valence-electron chi connectivity index (χ4n) is 2.18. The number of hydrogen-bond donors (Lipinski definition) is 2. The Hall–Kier alpha value is -2.04. The van der Waals surface area contributed by atoms with Crippen LogP contribution in [0.4, 0.5) is 5.69 Å². The highest BCUT2D eigenvalue weighted by Crippen LogP contribution is 2.22. The van der Waals surface area contributed by atoms with E-state index in [-0.39, 0.29) is 11.8 Å². The zero-order valence-electron chi connectivity index (χ0n) is 11.5. The first-order valence-electron chi connectivity index (χ1n) is 6.30. The van der Waals surface area contributed by atoms with E-state index in [0.717, 1.165) is 5.56 Å². The van der Waals surface area contributed by atoms with Crippen molar-refractivity contribution in [3.8, 4) is 0 Å². The third-order valence-electron chi connectivity index (χ3n) is 3.62. The van der Waals surface area contributed by atoms with Crippen LogP contribution in [-0.2, 0) is 4.79 Å². The predicted octanol–water partition coefficient (Wildman–Crippen LogP) is 0.928. The maximum Gasteiger partial charge on any atom is 0.254 e. The van der Waals surface area contributed by atoms with Crippen molar-refractivity contribution in [1.29, 1.82) is 0 Å². The second-order valence-corrected chi connectivity index (χ2v) is 5.34. The van der Waals surface area contributed by atoms with Gasteiger partial charge in [0.2, 0.25) is 5.91 Å². The molecule has 0 spiro atoms. The minimum atomic E-state index is -0.838. The van der Waals surface area contributed by atoms with Crippen LogP contribution in [0.3, 0.4) is 0 Å². The van der Waals surface area contributed by atoms with E-state index in [1.807, 2.05) is 13.0 Å². The number of nitrogens with one attached hydrogen (secondary N) is 1. The molecule has 5 heteroatoms. The fraction of sp³-hybridized carbons (Fsp3) is 0.429. The van der Waals surface area contributed by atoms with Gasteiger partial charge in [-0.15, -0.1) is 0 Å². The van der Waals surface area contributed by atoms with E-state index in [1.54, 1.807) is 30.9 Å². The van der Waals surface area contributed by atoms with Gasteiger partial charge in [0.1, 0.15) is 5.54 Å². The zero-order chi connectivity index (χ0) is 14.2. The van der Waals surface area contributed by atoms with E-state index in [4.69, 9.17) is 5.73 Å². The van der Waals surface area contributed by atoms with Gasteiger partial charge in [-0.3, -0.25) is 9.59 Å². The minimum Gasteiger partial charge on any atom is -0.398 e. The predicted molar refractivity (Wildman–Crippen MR) is 73.7 cm³/mol. The number of piperazine rings is 1. The van der Waals surface area contributed by atoms with Gasteiger partial charge in [-0.1, -0.05) is 6.07 Å². The molecule has 2 rings (SSSR count). The highest BCUT2D eigenvalue weighted by molar-refractivity contribution is 6.00. The van der Waals surface area contributed by atoms with Crippen LogP contribution in [0.2, 0.25) is 0 Å². The molecule has 0 radical (unpaired) electrons. The number of aryl methyl sites for hydroxylation is 1. The summed E-state index contributed by atoms with van der Waals surface area (Å²) >= 11 is 0. The third-order valence-corrected chi connectivity index (χ3v) is 3.62. The second-order valence-electron chi connectivity index (χ2n) is 5.34. The molecule has 1 aliphatic rings. The molecule has 102 valence electrons. The Bertz CT molecular complexity index is 537. The van der Waals surface area contributed by atoms with Crippen LogP contribution >= 0.6 is 0 Å². The third kappa shape index (κ3) is 2.28. The number of hydrogen-bond acceptors (Lipinski definition) is 3. The number of amides is 2. The Balaban J connectivity index is 2.32. The Kier molecular flexibility index (Phi) is 3.22. The Morgan fingerprint density at radius 2 is 2.11 bits per heavy atom. The quantitative estimate of drug-likeness (QED) is 0.738. The minimum absolute atomic E-state index is 0.132. The van der Waals surface area contributed by atoms with Crippen molar-refractivity contribution in [2.24, 2.45) is 0 Å². The molecular formula is C14H19N3O2. The van der Waals surface area contributed by atoms with Gasteiger partial charge in [-0.25, -0.2) is 0 Å². The van der Waals surface area contributed by atoms with Gasteiger partial charge in [0.15, 0.2) is 0 Å². The number of anilines is 1. The average molecular weight is 261 g/mol. The van der Waals surface area contributed by atoms with Gasteiger partial charge in [-0.2, -0.15) is 0 Å². The summed E-state index contributed by atoms with van der Waals surface area (Å²) in [5, 5.41) is 2.77.